The van der Waals surface area contributed by atoms with Gasteiger partial charge in [-0.15, -0.1) is 23.5 Å². The second-order valence-electron chi connectivity index (χ2n) is 3.31. The summed E-state index contributed by atoms with van der Waals surface area (Å²) in [4.78, 5) is 11.6. The first-order chi connectivity index (χ1) is 7.84. The fourth-order valence-electron chi connectivity index (χ4n) is 1.32. The largest absolute Gasteiger partial charge is 0.290 e. The molecule has 1 saturated heterocycles. The minimum absolute atomic E-state index is 0.0701. The van der Waals surface area contributed by atoms with Gasteiger partial charge in [0.15, 0.2) is 5.78 Å². The monoisotopic (exact) mass is 248 g/mol. The highest BCUT2D eigenvalue weighted by Gasteiger charge is 2.08. The molecule has 1 aromatic carbocycles. The van der Waals surface area contributed by atoms with E-state index in [2.05, 4.69) is 0 Å². The van der Waals surface area contributed by atoms with E-state index in [0.29, 0.717) is 0 Å². The number of carbonyl (C=O) groups is 1. The lowest BCUT2D eigenvalue weighted by atomic mass is 10.2. The number of benzene rings is 1. The molecule has 0 aliphatic carbocycles. The zero-order chi connectivity index (χ0) is 11.2. The molecule has 3 heteroatoms. The van der Waals surface area contributed by atoms with E-state index in [4.69, 9.17) is 0 Å². The third-order valence-electron chi connectivity index (χ3n) is 2.07. The predicted molar refractivity (Wildman–Crippen MR) is 73.5 cm³/mol. The summed E-state index contributed by atoms with van der Waals surface area (Å²) < 4.78 is 1.14. The SMILES string of the molecule is O=C(C=Cc1ccccc1)C=C1SCCS1. The van der Waals surface area contributed by atoms with Crippen LogP contribution in [0.25, 0.3) is 6.08 Å². The number of carbonyl (C=O) groups excluding carboxylic acids is 1. The van der Waals surface area contributed by atoms with Gasteiger partial charge in [0.05, 0.1) is 0 Å². The number of hydrogen-bond donors (Lipinski definition) is 0. The number of hydrogen-bond acceptors (Lipinski definition) is 3. The second-order valence-corrected chi connectivity index (χ2v) is 5.84. The zero-order valence-corrected chi connectivity index (χ0v) is 10.4. The minimum Gasteiger partial charge on any atom is -0.290 e. The van der Waals surface area contributed by atoms with Gasteiger partial charge in [0.1, 0.15) is 0 Å². The van der Waals surface area contributed by atoms with Crippen LogP contribution in [-0.4, -0.2) is 17.3 Å². The lowest BCUT2D eigenvalue weighted by molar-refractivity contribution is -0.110. The van der Waals surface area contributed by atoms with Crippen molar-refractivity contribution in [3.8, 4) is 0 Å². The molecule has 1 aromatic rings. The van der Waals surface area contributed by atoms with Gasteiger partial charge in [0, 0.05) is 21.8 Å². The molecule has 0 saturated carbocycles. The van der Waals surface area contributed by atoms with Gasteiger partial charge in [-0.25, -0.2) is 0 Å². The van der Waals surface area contributed by atoms with Crippen LogP contribution < -0.4 is 0 Å². The number of thioether (sulfide) groups is 2. The van der Waals surface area contributed by atoms with Gasteiger partial charge in [-0.2, -0.15) is 0 Å². The van der Waals surface area contributed by atoms with Crippen LogP contribution in [0.3, 0.4) is 0 Å². The van der Waals surface area contributed by atoms with Gasteiger partial charge in [-0.1, -0.05) is 36.4 Å². The van der Waals surface area contributed by atoms with E-state index in [0.717, 1.165) is 21.3 Å². The quantitative estimate of drug-likeness (QED) is 0.761. The molecule has 0 aromatic heterocycles. The van der Waals surface area contributed by atoms with Crippen LogP contribution in [0.5, 0.6) is 0 Å². The van der Waals surface area contributed by atoms with Gasteiger partial charge in [-0.3, -0.25) is 4.79 Å². The van der Waals surface area contributed by atoms with Gasteiger partial charge in [-0.05, 0) is 11.6 Å². The first-order valence-corrected chi connectivity index (χ1v) is 7.06. The Bertz CT molecular complexity index is 413. The molecule has 0 amide bonds. The maximum absolute atomic E-state index is 11.6. The molecule has 1 aliphatic heterocycles. The molecular formula is C13H12OS2. The van der Waals surface area contributed by atoms with Crippen molar-refractivity contribution >= 4 is 35.4 Å². The van der Waals surface area contributed by atoms with E-state index in [1.165, 1.54) is 0 Å². The molecule has 0 unspecified atom stereocenters. The van der Waals surface area contributed by atoms with Crippen molar-refractivity contribution in [1.82, 2.24) is 0 Å². The molecule has 0 N–H and O–H groups in total. The molecule has 0 atom stereocenters. The molecule has 0 bridgehead atoms. The normalized spacial score (nSPS) is 15.6. The van der Waals surface area contributed by atoms with Crippen LogP contribution in [0.4, 0.5) is 0 Å². The fraction of sp³-hybridized carbons (Fsp3) is 0.154. The van der Waals surface area contributed by atoms with E-state index in [9.17, 15) is 4.79 Å². The Hall–Kier alpha value is -0.930. The predicted octanol–water partition coefficient (Wildman–Crippen LogP) is 3.59. The summed E-state index contributed by atoms with van der Waals surface area (Å²) in [6.45, 7) is 0. The van der Waals surface area contributed by atoms with E-state index in [-0.39, 0.29) is 5.78 Å². The van der Waals surface area contributed by atoms with Crippen molar-refractivity contribution in [2.45, 2.75) is 0 Å². The Morgan fingerprint density at radius 1 is 1.12 bits per heavy atom. The highest BCUT2D eigenvalue weighted by Crippen LogP contribution is 2.35. The number of ketones is 1. The standard InChI is InChI=1S/C13H12OS2/c14-12(10-13-15-8-9-16-13)7-6-11-4-2-1-3-5-11/h1-7,10H,8-9H2. The van der Waals surface area contributed by atoms with Crippen molar-refractivity contribution in [1.29, 1.82) is 0 Å². The van der Waals surface area contributed by atoms with Crippen molar-refractivity contribution in [3.63, 3.8) is 0 Å². The summed E-state index contributed by atoms with van der Waals surface area (Å²) in [6.07, 6.45) is 5.20. The van der Waals surface area contributed by atoms with E-state index in [1.54, 1.807) is 35.7 Å². The van der Waals surface area contributed by atoms with Crippen molar-refractivity contribution < 1.29 is 4.79 Å². The summed E-state index contributed by atoms with van der Waals surface area (Å²) in [5.74, 6) is 2.30. The summed E-state index contributed by atoms with van der Waals surface area (Å²) in [7, 11) is 0. The van der Waals surface area contributed by atoms with Gasteiger partial charge in [0.25, 0.3) is 0 Å². The Morgan fingerprint density at radius 2 is 1.81 bits per heavy atom. The average molecular weight is 248 g/mol. The van der Waals surface area contributed by atoms with E-state index in [1.807, 2.05) is 36.4 Å². The third kappa shape index (κ3) is 3.58. The van der Waals surface area contributed by atoms with Crippen LogP contribution in [0, 0.1) is 0 Å². The van der Waals surface area contributed by atoms with Gasteiger partial charge in [0.2, 0.25) is 0 Å². The van der Waals surface area contributed by atoms with Gasteiger partial charge >= 0.3 is 0 Å². The highest BCUT2D eigenvalue weighted by atomic mass is 32.2. The lowest BCUT2D eigenvalue weighted by Crippen LogP contribution is -1.85. The molecule has 82 valence electrons. The van der Waals surface area contributed by atoms with Crippen molar-refractivity contribution in [2.24, 2.45) is 0 Å². The summed E-state index contributed by atoms with van der Waals surface area (Å²) >= 11 is 3.52. The van der Waals surface area contributed by atoms with Crippen molar-refractivity contribution in [3.05, 3.63) is 52.3 Å². The average Bonchev–Trinajstić information content (AvgIpc) is 2.81. The first-order valence-electron chi connectivity index (χ1n) is 5.09. The Morgan fingerprint density at radius 3 is 2.50 bits per heavy atom. The molecule has 1 heterocycles. The van der Waals surface area contributed by atoms with Crippen LogP contribution in [0.1, 0.15) is 5.56 Å². The number of rotatable bonds is 3. The van der Waals surface area contributed by atoms with Crippen LogP contribution in [-0.2, 0) is 4.79 Å². The molecule has 16 heavy (non-hydrogen) atoms. The molecule has 2 rings (SSSR count). The molecule has 1 aliphatic rings. The zero-order valence-electron chi connectivity index (χ0n) is 8.76. The lowest BCUT2D eigenvalue weighted by Gasteiger charge is -1.92. The first kappa shape index (κ1) is 11.6. The number of allylic oxidation sites excluding steroid dienone is 2. The van der Waals surface area contributed by atoms with Gasteiger partial charge < -0.3 is 0 Å². The Kier molecular flexibility index (Phi) is 4.31. The van der Waals surface area contributed by atoms with E-state index < -0.39 is 0 Å². The third-order valence-corrected chi connectivity index (χ3v) is 4.66. The molecule has 1 fully saturated rings. The molecule has 0 spiro atoms. The smallest absolute Gasteiger partial charge is 0.180 e. The Labute approximate surface area is 104 Å². The maximum Gasteiger partial charge on any atom is 0.180 e. The molecule has 0 radical (unpaired) electrons. The minimum atomic E-state index is 0.0701. The summed E-state index contributed by atoms with van der Waals surface area (Å²) in [6, 6.07) is 9.86. The maximum atomic E-state index is 11.6. The van der Waals surface area contributed by atoms with Crippen LogP contribution in [0.15, 0.2) is 46.7 Å². The Balaban J connectivity index is 1.97. The fourth-order valence-corrected chi connectivity index (χ4v) is 3.62. The van der Waals surface area contributed by atoms with Crippen molar-refractivity contribution in [2.75, 3.05) is 11.5 Å². The van der Waals surface area contributed by atoms with Crippen LogP contribution >= 0.6 is 23.5 Å². The molecule has 1 nitrogen and oxygen atoms in total. The molecular weight excluding hydrogens is 236 g/mol. The van der Waals surface area contributed by atoms with E-state index >= 15 is 0 Å². The highest BCUT2D eigenvalue weighted by molar-refractivity contribution is 8.25. The summed E-state index contributed by atoms with van der Waals surface area (Å²) in [5.41, 5.74) is 1.06. The van der Waals surface area contributed by atoms with Crippen LogP contribution in [0.2, 0.25) is 0 Å². The summed E-state index contributed by atoms with van der Waals surface area (Å²) in [5, 5.41) is 0. The second kappa shape index (κ2) is 5.97. The topological polar surface area (TPSA) is 17.1 Å².